The Bertz CT molecular complexity index is 696. The summed E-state index contributed by atoms with van der Waals surface area (Å²) in [6, 6.07) is 6.08. The van der Waals surface area contributed by atoms with Gasteiger partial charge in [0.05, 0.1) is 38.7 Å². The van der Waals surface area contributed by atoms with Gasteiger partial charge >= 0.3 is 0 Å². The van der Waals surface area contributed by atoms with Crippen molar-refractivity contribution < 1.29 is 23.8 Å². The summed E-state index contributed by atoms with van der Waals surface area (Å²) in [5.74, 6) is 1.57. The van der Waals surface area contributed by atoms with Gasteiger partial charge in [0.25, 0.3) is 0 Å². The SMILES string of the molecule is CCCCOc1cc(C2=NOC3(CCOC3)C2)ccc1OCCN1CCOCC1. The zero-order valence-electron chi connectivity index (χ0n) is 17.4. The van der Waals surface area contributed by atoms with E-state index in [1.807, 2.05) is 18.2 Å². The maximum atomic E-state index is 6.08. The van der Waals surface area contributed by atoms with Gasteiger partial charge in [0, 0.05) is 38.0 Å². The highest BCUT2D eigenvalue weighted by Crippen LogP contribution is 2.36. The number of hydrogen-bond acceptors (Lipinski definition) is 7. The molecule has 1 atom stereocenters. The van der Waals surface area contributed by atoms with E-state index in [0.29, 0.717) is 19.8 Å². The molecule has 0 aliphatic carbocycles. The van der Waals surface area contributed by atoms with Crippen LogP contribution in [-0.2, 0) is 14.3 Å². The molecule has 7 nitrogen and oxygen atoms in total. The highest BCUT2D eigenvalue weighted by Gasteiger charge is 2.43. The topological polar surface area (TPSA) is 61.8 Å². The van der Waals surface area contributed by atoms with Crippen LogP contribution in [0.15, 0.2) is 23.4 Å². The van der Waals surface area contributed by atoms with Crippen molar-refractivity contribution in [2.45, 2.75) is 38.2 Å². The Morgan fingerprint density at radius 2 is 1.93 bits per heavy atom. The minimum Gasteiger partial charge on any atom is -0.490 e. The molecule has 0 N–H and O–H groups in total. The molecule has 1 spiro atoms. The quantitative estimate of drug-likeness (QED) is 0.590. The van der Waals surface area contributed by atoms with E-state index in [2.05, 4.69) is 17.0 Å². The Kier molecular flexibility index (Phi) is 6.90. The van der Waals surface area contributed by atoms with Crippen LogP contribution in [0.1, 0.15) is 38.2 Å². The van der Waals surface area contributed by atoms with Gasteiger partial charge in [-0.05, 0) is 24.6 Å². The summed E-state index contributed by atoms with van der Waals surface area (Å²) < 4.78 is 23.1. The first-order valence-electron chi connectivity index (χ1n) is 10.8. The van der Waals surface area contributed by atoms with Crippen molar-refractivity contribution in [1.82, 2.24) is 4.90 Å². The van der Waals surface area contributed by atoms with Gasteiger partial charge < -0.3 is 23.8 Å². The van der Waals surface area contributed by atoms with Crippen molar-refractivity contribution in [1.29, 1.82) is 0 Å². The van der Waals surface area contributed by atoms with Gasteiger partial charge in [0.2, 0.25) is 0 Å². The zero-order valence-corrected chi connectivity index (χ0v) is 17.4. The Balaban J connectivity index is 1.40. The van der Waals surface area contributed by atoms with Gasteiger partial charge in [-0.15, -0.1) is 0 Å². The molecule has 3 aliphatic heterocycles. The van der Waals surface area contributed by atoms with Crippen molar-refractivity contribution in [3.8, 4) is 11.5 Å². The fraction of sp³-hybridized carbons (Fsp3) is 0.682. The number of nitrogens with zero attached hydrogens (tertiary/aromatic N) is 2. The molecule has 2 saturated heterocycles. The molecule has 160 valence electrons. The standard InChI is InChI=1S/C22H32N2O5/c1-2-3-10-27-21-15-18(19-16-22(29-23-19)6-11-26-17-22)4-5-20(21)28-14-9-24-7-12-25-13-8-24/h4-5,15H,2-3,6-14,16-17H2,1H3. The molecule has 0 aromatic heterocycles. The molecular formula is C22H32N2O5. The van der Waals surface area contributed by atoms with E-state index in [1.165, 1.54) is 0 Å². The lowest BCUT2D eigenvalue weighted by atomic mass is 9.93. The first-order valence-corrected chi connectivity index (χ1v) is 10.8. The summed E-state index contributed by atoms with van der Waals surface area (Å²) >= 11 is 0. The Morgan fingerprint density at radius 1 is 1.07 bits per heavy atom. The fourth-order valence-corrected chi connectivity index (χ4v) is 3.83. The molecule has 0 saturated carbocycles. The van der Waals surface area contributed by atoms with E-state index in [4.69, 9.17) is 23.8 Å². The van der Waals surface area contributed by atoms with Gasteiger partial charge in [0.15, 0.2) is 17.1 Å². The number of rotatable bonds is 9. The zero-order chi connectivity index (χ0) is 19.9. The molecule has 0 amide bonds. The molecule has 3 heterocycles. The molecule has 3 aliphatic rings. The normalized spacial score (nSPS) is 24.5. The van der Waals surface area contributed by atoms with Crippen molar-refractivity contribution in [2.75, 3.05) is 59.3 Å². The smallest absolute Gasteiger partial charge is 0.168 e. The first-order chi connectivity index (χ1) is 14.3. The maximum absolute atomic E-state index is 6.08. The number of morpholine rings is 1. The maximum Gasteiger partial charge on any atom is 0.168 e. The van der Waals surface area contributed by atoms with Gasteiger partial charge in [-0.3, -0.25) is 4.90 Å². The summed E-state index contributed by atoms with van der Waals surface area (Å²) in [6.07, 6.45) is 3.78. The highest BCUT2D eigenvalue weighted by molar-refractivity contribution is 6.02. The molecular weight excluding hydrogens is 372 g/mol. The number of benzene rings is 1. The van der Waals surface area contributed by atoms with E-state index >= 15 is 0 Å². The number of unbranched alkanes of at least 4 members (excludes halogenated alkanes) is 1. The summed E-state index contributed by atoms with van der Waals surface area (Å²) in [5.41, 5.74) is 1.71. The Hall–Kier alpha value is -1.83. The van der Waals surface area contributed by atoms with Gasteiger partial charge in [0.1, 0.15) is 6.61 Å². The van der Waals surface area contributed by atoms with Gasteiger partial charge in [-0.2, -0.15) is 0 Å². The number of oxime groups is 1. The van der Waals surface area contributed by atoms with Crippen LogP contribution in [0.25, 0.3) is 0 Å². The molecule has 7 heteroatoms. The minimum absolute atomic E-state index is 0.272. The van der Waals surface area contributed by atoms with Crippen molar-refractivity contribution in [2.24, 2.45) is 5.16 Å². The third-order valence-corrected chi connectivity index (χ3v) is 5.71. The van der Waals surface area contributed by atoms with Gasteiger partial charge in [-0.1, -0.05) is 18.5 Å². The Labute approximate surface area is 172 Å². The summed E-state index contributed by atoms with van der Waals surface area (Å²) in [6.45, 7) is 9.26. The number of hydrogen-bond donors (Lipinski definition) is 0. The van der Waals surface area contributed by atoms with Crippen molar-refractivity contribution in [3.05, 3.63) is 23.8 Å². The molecule has 2 fully saturated rings. The average molecular weight is 405 g/mol. The lowest BCUT2D eigenvalue weighted by Crippen LogP contribution is -2.38. The lowest BCUT2D eigenvalue weighted by molar-refractivity contribution is -0.0237. The minimum atomic E-state index is -0.272. The summed E-state index contributed by atoms with van der Waals surface area (Å²) in [4.78, 5) is 8.11. The molecule has 1 aromatic rings. The van der Waals surface area contributed by atoms with E-state index in [-0.39, 0.29) is 5.60 Å². The largest absolute Gasteiger partial charge is 0.490 e. The molecule has 29 heavy (non-hydrogen) atoms. The molecule has 0 bridgehead atoms. The third-order valence-electron chi connectivity index (χ3n) is 5.71. The van der Waals surface area contributed by atoms with E-state index in [9.17, 15) is 0 Å². The third kappa shape index (κ3) is 5.21. The van der Waals surface area contributed by atoms with Gasteiger partial charge in [-0.25, -0.2) is 0 Å². The van der Waals surface area contributed by atoms with Crippen LogP contribution < -0.4 is 9.47 Å². The average Bonchev–Trinajstić information content (AvgIpc) is 3.40. The Morgan fingerprint density at radius 3 is 2.72 bits per heavy atom. The van der Waals surface area contributed by atoms with Crippen LogP contribution in [0, 0.1) is 0 Å². The molecule has 4 rings (SSSR count). The van der Waals surface area contributed by atoms with Crippen molar-refractivity contribution in [3.63, 3.8) is 0 Å². The monoisotopic (exact) mass is 404 g/mol. The van der Waals surface area contributed by atoms with Crippen LogP contribution in [-0.4, -0.2) is 75.5 Å². The predicted molar refractivity (Wildman–Crippen MR) is 110 cm³/mol. The first kappa shape index (κ1) is 20.4. The predicted octanol–water partition coefficient (Wildman–Crippen LogP) is 2.86. The van der Waals surface area contributed by atoms with Crippen LogP contribution in [0.4, 0.5) is 0 Å². The van der Waals surface area contributed by atoms with Crippen LogP contribution in [0.2, 0.25) is 0 Å². The molecule has 0 radical (unpaired) electrons. The second kappa shape index (κ2) is 9.78. The van der Waals surface area contributed by atoms with Crippen LogP contribution >= 0.6 is 0 Å². The summed E-state index contributed by atoms with van der Waals surface area (Å²) in [5, 5.41) is 4.35. The molecule has 1 aromatic carbocycles. The van der Waals surface area contributed by atoms with Crippen LogP contribution in [0.3, 0.4) is 0 Å². The second-order valence-electron chi connectivity index (χ2n) is 7.96. The van der Waals surface area contributed by atoms with E-state index in [1.54, 1.807) is 0 Å². The highest BCUT2D eigenvalue weighted by atomic mass is 16.7. The van der Waals surface area contributed by atoms with E-state index in [0.717, 1.165) is 87.9 Å². The summed E-state index contributed by atoms with van der Waals surface area (Å²) in [7, 11) is 0. The van der Waals surface area contributed by atoms with Crippen molar-refractivity contribution >= 4 is 5.71 Å². The van der Waals surface area contributed by atoms with Crippen LogP contribution in [0.5, 0.6) is 11.5 Å². The second-order valence-corrected chi connectivity index (χ2v) is 7.96. The fourth-order valence-electron chi connectivity index (χ4n) is 3.83. The lowest BCUT2D eigenvalue weighted by Gasteiger charge is -2.26. The molecule has 1 unspecified atom stereocenters. The van der Waals surface area contributed by atoms with E-state index < -0.39 is 0 Å². The number of ether oxygens (including phenoxy) is 4.